The zero-order valence-corrected chi connectivity index (χ0v) is 13.0. The topological polar surface area (TPSA) is 52.6 Å². The fourth-order valence-corrected chi connectivity index (χ4v) is 2.72. The number of rotatable bonds is 6. The molecule has 1 heterocycles. The molecule has 4 heteroatoms. The molecule has 1 saturated heterocycles. The van der Waals surface area contributed by atoms with Crippen molar-refractivity contribution in [2.45, 2.75) is 44.8 Å². The molecule has 0 aliphatic carbocycles. The number of amides is 1. The highest BCUT2D eigenvalue weighted by Crippen LogP contribution is 2.22. The Morgan fingerprint density at radius 1 is 1.33 bits per heavy atom. The second-order valence-corrected chi connectivity index (χ2v) is 6.20. The summed E-state index contributed by atoms with van der Waals surface area (Å²) in [6.45, 7) is 5.79. The summed E-state index contributed by atoms with van der Waals surface area (Å²) in [5.41, 5.74) is -0.0149. The number of carbonyl (C=O) groups is 1. The SMILES string of the molecule is CC(C)NC[C@@]1(O)CCCN(CCc2ccccc2)C1=O. The predicted octanol–water partition coefficient (Wildman–Crippen LogP) is 1.58. The van der Waals surface area contributed by atoms with Crippen LogP contribution in [0.15, 0.2) is 30.3 Å². The first-order chi connectivity index (χ1) is 10.0. The number of piperidine rings is 1. The maximum absolute atomic E-state index is 12.5. The van der Waals surface area contributed by atoms with E-state index in [1.165, 1.54) is 5.56 Å². The molecule has 1 amide bonds. The number of hydrogen-bond donors (Lipinski definition) is 2. The normalized spacial score (nSPS) is 22.9. The molecule has 2 N–H and O–H groups in total. The van der Waals surface area contributed by atoms with Crippen molar-refractivity contribution in [3.63, 3.8) is 0 Å². The van der Waals surface area contributed by atoms with Crippen LogP contribution < -0.4 is 5.32 Å². The van der Waals surface area contributed by atoms with Gasteiger partial charge in [-0.2, -0.15) is 0 Å². The van der Waals surface area contributed by atoms with Gasteiger partial charge in [-0.1, -0.05) is 44.2 Å². The number of nitrogens with zero attached hydrogens (tertiary/aromatic N) is 1. The molecular weight excluding hydrogens is 264 g/mol. The van der Waals surface area contributed by atoms with Gasteiger partial charge in [-0.25, -0.2) is 0 Å². The third-order valence-electron chi connectivity index (χ3n) is 4.02. The highest BCUT2D eigenvalue weighted by Gasteiger charge is 2.41. The molecule has 1 aromatic rings. The number of carbonyl (C=O) groups excluding carboxylic acids is 1. The Labute approximate surface area is 127 Å². The lowest BCUT2D eigenvalue weighted by molar-refractivity contribution is -0.156. The molecule has 1 aliphatic rings. The molecule has 1 aliphatic heterocycles. The van der Waals surface area contributed by atoms with Crippen molar-refractivity contribution in [1.82, 2.24) is 10.2 Å². The zero-order valence-electron chi connectivity index (χ0n) is 13.0. The Hall–Kier alpha value is -1.39. The van der Waals surface area contributed by atoms with Crippen LogP contribution in [0.3, 0.4) is 0 Å². The molecule has 0 spiro atoms. The molecule has 0 aromatic heterocycles. The first-order valence-corrected chi connectivity index (χ1v) is 7.80. The zero-order chi connectivity index (χ0) is 15.3. The van der Waals surface area contributed by atoms with Gasteiger partial charge < -0.3 is 15.3 Å². The molecule has 21 heavy (non-hydrogen) atoms. The second kappa shape index (κ2) is 7.05. The minimum Gasteiger partial charge on any atom is -0.379 e. The first kappa shape index (κ1) is 16.0. The fourth-order valence-electron chi connectivity index (χ4n) is 2.72. The molecule has 0 bridgehead atoms. The summed E-state index contributed by atoms with van der Waals surface area (Å²) in [4.78, 5) is 14.3. The van der Waals surface area contributed by atoms with Crippen molar-refractivity contribution in [2.75, 3.05) is 19.6 Å². The highest BCUT2D eigenvalue weighted by atomic mass is 16.3. The molecule has 1 aromatic carbocycles. The van der Waals surface area contributed by atoms with Gasteiger partial charge >= 0.3 is 0 Å². The molecule has 116 valence electrons. The van der Waals surface area contributed by atoms with Gasteiger partial charge in [0.2, 0.25) is 0 Å². The van der Waals surface area contributed by atoms with E-state index in [0.717, 1.165) is 19.4 Å². The quantitative estimate of drug-likeness (QED) is 0.836. The van der Waals surface area contributed by atoms with E-state index in [4.69, 9.17) is 0 Å². The third kappa shape index (κ3) is 4.29. The Balaban J connectivity index is 1.93. The summed E-state index contributed by atoms with van der Waals surface area (Å²) in [5, 5.41) is 13.8. The molecular formula is C17H26N2O2. The van der Waals surface area contributed by atoms with E-state index in [0.29, 0.717) is 19.5 Å². The van der Waals surface area contributed by atoms with Crippen LogP contribution in [-0.4, -0.2) is 47.2 Å². The van der Waals surface area contributed by atoms with E-state index in [1.807, 2.05) is 32.0 Å². The lowest BCUT2D eigenvalue weighted by atomic mass is 9.91. The van der Waals surface area contributed by atoms with Gasteiger partial charge in [0.05, 0.1) is 0 Å². The minimum atomic E-state index is -1.24. The summed E-state index contributed by atoms with van der Waals surface area (Å²) in [7, 11) is 0. The van der Waals surface area contributed by atoms with Crippen LogP contribution >= 0.6 is 0 Å². The number of nitrogens with one attached hydrogen (secondary N) is 1. The van der Waals surface area contributed by atoms with Crippen molar-refractivity contribution in [2.24, 2.45) is 0 Å². The number of aliphatic hydroxyl groups is 1. The van der Waals surface area contributed by atoms with Crippen LogP contribution in [0.4, 0.5) is 0 Å². The van der Waals surface area contributed by atoms with Crippen molar-refractivity contribution in [3.05, 3.63) is 35.9 Å². The van der Waals surface area contributed by atoms with Gasteiger partial charge in [-0.05, 0) is 24.8 Å². The number of benzene rings is 1. The lowest BCUT2D eigenvalue weighted by Gasteiger charge is -2.38. The highest BCUT2D eigenvalue weighted by molar-refractivity contribution is 5.86. The van der Waals surface area contributed by atoms with E-state index in [1.54, 1.807) is 4.90 Å². The molecule has 0 unspecified atom stereocenters. The summed E-state index contributed by atoms with van der Waals surface area (Å²) in [6.07, 6.45) is 2.24. The van der Waals surface area contributed by atoms with Crippen LogP contribution in [0.25, 0.3) is 0 Å². The standard InChI is InChI=1S/C17H26N2O2/c1-14(2)18-13-17(21)10-6-11-19(16(17)20)12-9-15-7-4-3-5-8-15/h3-5,7-8,14,18,21H,6,9-13H2,1-2H3/t17-/m0/s1. The summed E-state index contributed by atoms with van der Waals surface area (Å²) >= 11 is 0. The maximum Gasteiger partial charge on any atom is 0.255 e. The van der Waals surface area contributed by atoms with Gasteiger partial charge in [-0.15, -0.1) is 0 Å². The van der Waals surface area contributed by atoms with Gasteiger partial charge in [0.1, 0.15) is 0 Å². The smallest absolute Gasteiger partial charge is 0.255 e. The van der Waals surface area contributed by atoms with Crippen LogP contribution in [0, 0.1) is 0 Å². The van der Waals surface area contributed by atoms with E-state index < -0.39 is 5.60 Å². The Kier molecular flexibility index (Phi) is 5.37. The van der Waals surface area contributed by atoms with Crippen molar-refractivity contribution in [1.29, 1.82) is 0 Å². The van der Waals surface area contributed by atoms with E-state index in [-0.39, 0.29) is 11.9 Å². The Morgan fingerprint density at radius 2 is 2.05 bits per heavy atom. The minimum absolute atomic E-state index is 0.127. The fraction of sp³-hybridized carbons (Fsp3) is 0.588. The first-order valence-electron chi connectivity index (χ1n) is 7.80. The average molecular weight is 290 g/mol. The summed E-state index contributed by atoms with van der Waals surface area (Å²) < 4.78 is 0. The summed E-state index contributed by atoms with van der Waals surface area (Å²) in [5.74, 6) is -0.127. The Bertz CT molecular complexity index is 461. The summed E-state index contributed by atoms with van der Waals surface area (Å²) in [6, 6.07) is 10.4. The maximum atomic E-state index is 12.5. The lowest BCUT2D eigenvalue weighted by Crippen LogP contribution is -2.58. The third-order valence-corrected chi connectivity index (χ3v) is 4.02. The van der Waals surface area contributed by atoms with Crippen molar-refractivity contribution in [3.8, 4) is 0 Å². The van der Waals surface area contributed by atoms with Gasteiger partial charge in [0.15, 0.2) is 5.60 Å². The molecule has 0 saturated carbocycles. The van der Waals surface area contributed by atoms with Gasteiger partial charge in [-0.3, -0.25) is 4.79 Å². The Morgan fingerprint density at radius 3 is 2.71 bits per heavy atom. The van der Waals surface area contributed by atoms with E-state index >= 15 is 0 Å². The van der Waals surface area contributed by atoms with Gasteiger partial charge in [0.25, 0.3) is 5.91 Å². The van der Waals surface area contributed by atoms with Crippen LogP contribution in [0.2, 0.25) is 0 Å². The van der Waals surface area contributed by atoms with Crippen LogP contribution in [-0.2, 0) is 11.2 Å². The molecule has 1 atom stereocenters. The van der Waals surface area contributed by atoms with Crippen molar-refractivity contribution < 1.29 is 9.90 Å². The molecule has 1 fully saturated rings. The van der Waals surface area contributed by atoms with Gasteiger partial charge in [0, 0.05) is 25.7 Å². The van der Waals surface area contributed by atoms with Crippen LogP contribution in [0.5, 0.6) is 0 Å². The van der Waals surface area contributed by atoms with E-state index in [9.17, 15) is 9.90 Å². The monoisotopic (exact) mass is 290 g/mol. The second-order valence-electron chi connectivity index (χ2n) is 6.20. The molecule has 0 radical (unpaired) electrons. The molecule has 2 rings (SSSR count). The predicted molar refractivity (Wildman–Crippen MR) is 84.0 cm³/mol. The van der Waals surface area contributed by atoms with Crippen LogP contribution in [0.1, 0.15) is 32.3 Å². The largest absolute Gasteiger partial charge is 0.379 e. The number of likely N-dealkylation sites (tertiary alicyclic amines) is 1. The average Bonchev–Trinajstić information content (AvgIpc) is 2.48. The molecule has 4 nitrogen and oxygen atoms in total. The van der Waals surface area contributed by atoms with E-state index in [2.05, 4.69) is 17.4 Å². The number of hydrogen-bond acceptors (Lipinski definition) is 3. The van der Waals surface area contributed by atoms with Crippen molar-refractivity contribution >= 4 is 5.91 Å².